The van der Waals surface area contributed by atoms with Gasteiger partial charge in [-0.3, -0.25) is 9.59 Å². The van der Waals surface area contributed by atoms with Crippen molar-refractivity contribution in [3.8, 4) is 11.5 Å². The average Bonchev–Trinajstić information content (AvgIpc) is 2.64. The Labute approximate surface area is 151 Å². The lowest BCUT2D eigenvalue weighted by Crippen LogP contribution is -2.38. The molecule has 6 nitrogen and oxygen atoms in total. The molecule has 25 heavy (non-hydrogen) atoms. The summed E-state index contributed by atoms with van der Waals surface area (Å²) in [5, 5.41) is 5.81. The maximum Gasteiger partial charge on any atom is 0.258 e. The monoisotopic (exact) mass is 362 g/mol. The normalized spacial score (nSPS) is 10.0. The van der Waals surface area contributed by atoms with E-state index in [1.807, 2.05) is 24.3 Å². The predicted molar refractivity (Wildman–Crippen MR) is 94.8 cm³/mol. The molecule has 0 saturated heterocycles. The van der Waals surface area contributed by atoms with Crippen molar-refractivity contribution >= 4 is 23.4 Å². The van der Waals surface area contributed by atoms with Gasteiger partial charge in [0.15, 0.2) is 6.61 Å². The second-order valence-electron chi connectivity index (χ2n) is 5.14. The molecule has 0 heterocycles. The summed E-state index contributed by atoms with van der Waals surface area (Å²) in [6.45, 7) is 0.0896. The smallest absolute Gasteiger partial charge is 0.258 e. The lowest BCUT2D eigenvalue weighted by Gasteiger charge is -2.09. The first-order valence-electron chi connectivity index (χ1n) is 7.61. The number of benzene rings is 2. The Morgan fingerprint density at radius 2 is 1.56 bits per heavy atom. The van der Waals surface area contributed by atoms with Crippen LogP contribution in [0.15, 0.2) is 48.5 Å². The summed E-state index contributed by atoms with van der Waals surface area (Å²) < 4.78 is 10.4. The van der Waals surface area contributed by atoms with Crippen LogP contribution in [0.25, 0.3) is 0 Å². The van der Waals surface area contributed by atoms with Crippen LogP contribution in [-0.4, -0.2) is 32.1 Å². The van der Waals surface area contributed by atoms with Crippen molar-refractivity contribution in [1.29, 1.82) is 0 Å². The zero-order valence-corrected chi connectivity index (χ0v) is 14.5. The number of nitrogens with one attached hydrogen (secondary N) is 2. The van der Waals surface area contributed by atoms with Crippen LogP contribution in [0.4, 0.5) is 0 Å². The third-order valence-corrected chi connectivity index (χ3v) is 3.53. The van der Waals surface area contributed by atoms with Crippen molar-refractivity contribution in [2.45, 2.75) is 6.54 Å². The number of hydrogen-bond donors (Lipinski definition) is 2. The number of methoxy groups -OCH3 is 1. The fourth-order valence-electron chi connectivity index (χ4n) is 1.92. The van der Waals surface area contributed by atoms with Crippen LogP contribution >= 0.6 is 11.6 Å². The Bertz CT molecular complexity index is 702. The van der Waals surface area contributed by atoms with Gasteiger partial charge in [-0.15, -0.1) is 0 Å². The van der Waals surface area contributed by atoms with E-state index in [0.29, 0.717) is 17.3 Å². The summed E-state index contributed by atoms with van der Waals surface area (Å²) in [6, 6.07) is 14.0. The molecule has 2 aromatic carbocycles. The summed E-state index contributed by atoms with van der Waals surface area (Å²) in [5.41, 5.74) is 0.937. The molecule has 0 atom stereocenters. The summed E-state index contributed by atoms with van der Waals surface area (Å²) in [7, 11) is 1.59. The minimum Gasteiger partial charge on any atom is -0.497 e. The van der Waals surface area contributed by atoms with E-state index in [0.717, 1.165) is 11.3 Å². The molecule has 7 heteroatoms. The van der Waals surface area contributed by atoms with E-state index in [-0.39, 0.29) is 25.0 Å². The van der Waals surface area contributed by atoms with Crippen LogP contribution in [0.5, 0.6) is 11.5 Å². The highest BCUT2D eigenvalue weighted by molar-refractivity contribution is 6.30. The zero-order chi connectivity index (χ0) is 18.1. The molecular formula is C18H19ClN2O4. The molecule has 2 rings (SSSR count). The molecule has 0 saturated carbocycles. The molecule has 0 aliphatic rings. The van der Waals surface area contributed by atoms with E-state index in [1.54, 1.807) is 31.4 Å². The molecule has 0 spiro atoms. The van der Waals surface area contributed by atoms with Gasteiger partial charge < -0.3 is 20.1 Å². The molecule has 0 fully saturated rings. The maximum absolute atomic E-state index is 11.7. The first-order chi connectivity index (χ1) is 12.1. The van der Waals surface area contributed by atoms with E-state index in [1.165, 1.54) is 0 Å². The van der Waals surface area contributed by atoms with Crippen LogP contribution in [0.1, 0.15) is 5.56 Å². The summed E-state index contributed by atoms with van der Waals surface area (Å²) in [4.78, 5) is 23.4. The third-order valence-electron chi connectivity index (χ3n) is 3.28. The molecule has 0 aromatic heterocycles. The molecule has 2 amide bonds. The highest BCUT2D eigenvalue weighted by atomic mass is 35.5. The Kier molecular flexibility index (Phi) is 7.10. The van der Waals surface area contributed by atoms with Gasteiger partial charge in [0.1, 0.15) is 11.5 Å². The Hall–Kier alpha value is -2.73. The molecule has 2 aromatic rings. The predicted octanol–water partition coefficient (Wildman–Crippen LogP) is 2.16. The highest BCUT2D eigenvalue weighted by Crippen LogP contribution is 2.15. The second-order valence-corrected chi connectivity index (χ2v) is 5.58. The molecule has 132 valence electrons. The molecular weight excluding hydrogens is 344 g/mol. The van der Waals surface area contributed by atoms with Gasteiger partial charge in [-0.1, -0.05) is 23.7 Å². The lowest BCUT2D eigenvalue weighted by molar-refractivity contribution is -0.127. The Morgan fingerprint density at radius 1 is 0.920 bits per heavy atom. The Balaban J connectivity index is 1.64. The van der Waals surface area contributed by atoms with E-state index in [9.17, 15) is 9.59 Å². The first kappa shape index (κ1) is 18.6. The minimum atomic E-state index is -0.380. The summed E-state index contributed by atoms with van der Waals surface area (Å²) in [6.07, 6.45) is 0. The number of halogens is 1. The fraction of sp³-hybridized carbons (Fsp3) is 0.222. The summed E-state index contributed by atoms with van der Waals surface area (Å²) >= 11 is 5.76. The van der Waals surface area contributed by atoms with Crippen molar-refractivity contribution in [2.24, 2.45) is 0 Å². The topological polar surface area (TPSA) is 76.7 Å². The van der Waals surface area contributed by atoms with Crippen molar-refractivity contribution in [1.82, 2.24) is 10.6 Å². The minimum absolute atomic E-state index is 0.112. The molecule has 0 bridgehead atoms. The van der Waals surface area contributed by atoms with Crippen molar-refractivity contribution in [3.63, 3.8) is 0 Å². The Morgan fingerprint density at radius 3 is 2.20 bits per heavy atom. The fourth-order valence-corrected chi connectivity index (χ4v) is 2.04. The number of ether oxygens (including phenoxy) is 2. The molecule has 0 radical (unpaired) electrons. The van der Waals surface area contributed by atoms with Gasteiger partial charge in [0, 0.05) is 11.6 Å². The molecule has 2 N–H and O–H groups in total. The maximum atomic E-state index is 11.7. The van der Waals surface area contributed by atoms with Crippen LogP contribution in [0.3, 0.4) is 0 Å². The molecule has 0 aliphatic heterocycles. The lowest BCUT2D eigenvalue weighted by atomic mass is 10.2. The largest absolute Gasteiger partial charge is 0.497 e. The van der Waals surface area contributed by atoms with Crippen molar-refractivity contribution in [3.05, 3.63) is 59.1 Å². The quantitative estimate of drug-likeness (QED) is 0.754. The number of carbonyl (C=O) groups is 2. The van der Waals surface area contributed by atoms with Crippen molar-refractivity contribution in [2.75, 3.05) is 20.3 Å². The van der Waals surface area contributed by atoms with Gasteiger partial charge in [-0.05, 0) is 42.0 Å². The summed E-state index contributed by atoms with van der Waals surface area (Å²) in [5.74, 6) is 0.622. The standard InChI is InChI=1S/C18H19ClN2O4/c1-24-15-6-2-13(3-7-15)10-20-17(22)11-21-18(23)12-25-16-8-4-14(19)5-9-16/h2-9H,10-12H2,1H3,(H,20,22)(H,21,23). The zero-order valence-electron chi connectivity index (χ0n) is 13.8. The number of rotatable bonds is 8. The molecule has 0 unspecified atom stereocenters. The number of hydrogen-bond acceptors (Lipinski definition) is 4. The van der Waals surface area contributed by atoms with Gasteiger partial charge >= 0.3 is 0 Å². The van der Waals surface area contributed by atoms with E-state index < -0.39 is 0 Å². The van der Waals surface area contributed by atoms with Crippen LogP contribution in [-0.2, 0) is 16.1 Å². The van der Waals surface area contributed by atoms with Gasteiger partial charge in [0.05, 0.1) is 13.7 Å². The van der Waals surface area contributed by atoms with Crippen molar-refractivity contribution < 1.29 is 19.1 Å². The first-order valence-corrected chi connectivity index (χ1v) is 7.99. The van der Waals surface area contributed by atoms with Crippen LogP contribution in [0.2, 0.25) is 5.02 Å². The second kappa shape index (κ2) is 9.54. The van der Waals surface area contributed by atoms with E-state index in [2.05, 4.69) is 10.6 Å². The van der Waals surface area contributed by atoms with Crippen LogP contribution in [0, 0.1) is 0 Å². The van der Waals surface area contributed by atoms with Gasteiger partial charge in [-0.25, -0.2) is 0 Å². The molecule has 0 aliphatic carbocycles. The number of amides is 2. The van der Waals surface area contributed by atoms with E-state index in [4.69, 9.17) is 21.1 Å². The van der Waals surface area contributed by atoms with Gasteiger partial charge in [-0.2, -0.15) is 0 Å². The third kappa shape index (κ3) is 6.73. The highest BCUT2D eigenvalue weighted by Gasteiger charge is 2.06. The van der Waals surface area contributed by atoms with Gasteiger partial charge in [0.2, 0.25) is 5.91 Å². The average molecular weight is 363 g/mol. The number of carbonyl (C=O) groups excluding carboxylic acids is 2. The van der Waals surface area contributed by atoms with Gasteiger partial charge in [0.25, 0.3) is 5.91 Å². The van der Waals surface area contributed by atoms with Crippen LogP contribution < -0.4 is 20.1 Å². The van der Waals surface area contributed by atoms with E-state index >= 15 is 0 Å². The SMILES string of the molecule is COc1ccc(CNC(=O)CNC(=O)COc2ccc(Cl)cc2)cc1.